The first-order valence-corrected chi connectivity index (χ1v) is 6.62. The largest absolute Gasteiger partial charge is 0.411 e. The Morgan fingerprint density at radius 3 is 2.40 bits per heavy atom. The van der Waals surface area contributed by atoms with Crippen LogP contribution in [0.5, 0.6) is 0 Å². The summed E-state index contributed by atoms with van der Waals surface area (Å²) >= 11 is 0. The smallest absolute Gasteiger partial charge is 0.372 e. The Balaban J connectivity index is 2.25. The molecule has 0 aliphatic heterocycles. The van der Waals surface area contributed by atoms with Crippen LogP contribution in [-0.4, -0.2) is 43.9 Å². The number of nitrogens with zero attached hydrogens (tertiary/aromatic N) is 1. The van der Waals surface area contributed by atoms with Crippen molar-refractivity contribution in [2.75, 3.05) is 32.8 Å². The molecule has 0 atom stereocenters. The van der Waals surface area contributed by atoms with Crippen molar-refractivity contribution < 1.29 is 17.9 Å². The number of alkyl halides is 3. The summed E-state index contributed by atoms with van der Waals surface area (Å²) in [5.41, 5.74) is 6.71. The van der Waals surface area contributed by atoms with Crippen molar-refractivity contribution in [1.29, 1.82) is 0 Å². The summed E-state index contributed by atoms with van der Waals surface area (Å²) in [6, 6.07) is 9.90. The molecule has 0 spiro atoms. The van der Waals surface area contributed by atoms with Crippen LogP contribution in [0, 0.1) is 0 Å². The number of rotatable bonds is 9. The van der Waals surface area contributed by atoms with Crippen LogP contribution in [0.3, 0.4) is 0 Å². The normalized spacial score (nSPS) is 12.1. The average molecular weight is 290 g/mol. The van der Waals surface area contributed by atoms with Gasteiger partial charge in [-0.05, 0) is 12.0 Å². The third-order valence-corrected chi connectivity index (χ3v) is 2.72. The van der Waals surface area contributed by atoms with Gasteiger partial charge in [0.1, 0.15) is 6.61 Å². The van der Waals surface area contributed by atoms with Gasteiger partial charge in [0.25, 0.3) is 0 Å². The first-order chi connectivity index (χ1) is 9.51. The second kappa shape index (κ2) is 8.94. The summed E-state index contributed by atoms with van der Waals surface area (Å²) in [5, 5.41) is 0. The SMILES string of the molecule is NCCN(CCCOCC(F)(F)F)Cc1ccccc1. The molecule has 2 N–H and O–H groups in total. The van der Waals surface area contributed by atoms with Crippen LogP contribution in [0.1, 0.15) is 12.0 Å². The lowest BCUT2D eigenvalue weighted by Gasteiger charge is -2.21. The van der Waals surface area contributed by atoms with E-state index in [1.54, 1.807) is 0 Å². The van der Waals surface area contributed by atoms with Crippen molar-refractivity contribution in [3.63, 3.8) is 0 Å². The van der Waals surface area contributed by atoms with Gasteiger partial charge in [0.15, 0.2) is 0 Å². The number of ether oxygens (including phenoxy) is 1. The molecule has 0 aromatic heterocycles. The van der Waals surface area contributed by atoms with Crippen LogP contribution in [0.4, 0.5) is 13.2 Å². The predicted molar refractivity (Wildman–Crippen MR) is 72.3 cm³/mol. The lowest BCUT2D eigenvalue weighted by Crippen LogP contribution is -2.31. The molecular formula is C14H21F3N2O. The lowest BCUT2D eigenvalue weighted by molar-refractivity contribution is -0.174. The quantitative estimate of drug-likeness (QED) is 0.710. The molecule has 1 aromatic rings. The fraction of sp³-hybridized carbons (Fsp3) is 0.571. The van der Waals surface area contributed by atoms with Gasteiger partial charge in [0, 0.05) is 32.8 Å². The third kappa shape index (κ3) is 8.14. The van der Waals surface area contributed by atoms with E-state index >= 15 is 0 Å². The van der Waals surface area contributed by atoms with Gasteiger partial charge in [0.2, 0.25) is 0 Å². The van der Waals surface area contributed by atoms with Gasteiger partial charge in [-0.3, -0.25) is 4.90 Å². The molecule has 0 amide bonds. The van der Waals surface area contributed by atoms with Crippen LogP contribution in [0.15, 0.2) is 30.3 Å². The predicted octanol–water partition coefficient (Wildman–Crippen LogP) is 2.42. The molecule has 0 bridgehead atoms. The Hall–Kier alpha value is -1.11. The second-order valence-corrected chi connectivity index (χ2v) is 4.57. The van der Waals surface area contributed by atoms with Crippen LogP contribution in [-0.2, 0) is 11.3 Å². The molecule has 0 unspecified atom stereocenters. The molecular weight excluding hydrogens is 269 g/mol. The van der Waals surface area contributed by atoms with Gasteiger partial charge in [-0.25, -0.2) is 0 Å². The number of hydrogen-bond donors (Lipinski definition) is 1. The standard InChI is InChI=1S/C14H21F3N2O/c15-14(16,17)12-20-10-4-8-19(9-7-18)11-13-5-2-1-3-6-13/h1-3,5-6H,4,7-12,18H2. The van der Waals surface area contributed by atoms with Crippen LogP contribution in [0.25, 0.3) is 0 Å². The molecule has 0 aliphatic rings. The Bertz CT molecular complexity index is 357. The molecule has 0 saturated heterocycles. The number of halogens is 3. The second-order valence-electron chi connectivity index (χ2n) is 4.57. The van der Waals surface area contributed by atoms with E-state index in [-0.39, 0.29) is 6.61 Å². The van der Waals surface area contributed by atoms with Crippen molar-refractivity contribution >= 4 is 0 Å². The monoisotopic (exact) mass is 290 g/mol. The highest BCUT2D eigenvalue weighted by Crippen LogP contribution is 2.14. The van der Waals surface area contributed by atoms with E-state index < -0.39 is 12.8 Å². The molecule has 0 radical (unpaired) electrons. The summed E-state index contributed by atoms with van der Waals surface area (Å²) in [6.07, 6.45) is -3.69. The van der Waals surface area contributed by atoms with Crippen LogP contribution in [0.2, 0.25) is 0 Å². The van der Waals surface area contributed by atoms with Crippen molar-refractivity contribution in [2.45, 2.75) is 19.1 Å². The highest BCUT2D eigenvalue weighted by molar-refractivity contribution is 5.14. The number of hydrogen-bond acceptors (Lipinski definition) is 3. The zero-order valence-electron chi connectivity index (χ0n) is 11.4. The Kier molecular flexibility index (Phi) is 7.58. The van der Waals surface area contributed by atoms with Crippen LogP contribution >= 0.6 is 0 Å². The van der Waals surface area contributed by atoms with E-state index in [0.717, 1.165) is 12.1 Å². The van der Waals surface area contributed by atoms with Gasteiger partial charge in [-0.2, -0.15) is 13.2 Å². The summed E-state index contributed by atoms with van der Waals surface area (Å²) in [7, 11) is 0. The van der Waals surface area contributed by atoms with E-state index in [9.17, 15) is 13.2 Å². The van der Waals surface area contributed by atoms with Crippen LogP contribution < -0.4 is 5.73 Å². The number of benzene rings is 1. The van der Waals surface area contributed by atoms with E-state index in [1.165, 1.54) is 0 Å². The van der Waals surface area contributed by atoms with Gasteiger partial charge >= 0.3 is 6.18 Å². The maximum atomic E-state index is 11.9. The number of nitrogens with two attached hydrogens (primary N) is 1. The van der Waals surface area contributed by atoms with E-state index in [0.29, 0.717) is 26.1 Å². The molecule has 6 heteroatoms. The highest BCUT2D eigenvalue weighted by atomic mass is 19.4. The summed E-state index contributed by atoms with van der Waals surface area (Å²) in [5.74, 6) is 0. The average Bonchev–Trinajstić information content (AvgIpc) is 2.38. The van der Waals surface area contributed by atoms with E-state index in [4.69, 9.17) is 5.73 Å². The van der Waals surface area contributed by atoms with Gasteiger partial charge < -0.3 is 10.5 Å². The van der Waals surface area contributed by atoms with Gasteiger partial charge in [-0.15, -0.1) is 0 Å². The molecule has 114 valence electrons. The molecule has 0 saturated carbocycles. The Morgan fingerprint density at radius 1 is 1.10 bits per heavy atom. The van der Waals surface area contributed by atoms with E-state index in [2.05, 4.69) is 9.64 Å². The van der Waals surface area contributed by atoms with Gasteiger partial charge in [-0.1, -0.05) is 30.3 Å². The maximum Gasteiger partial charge on any atom is 0.411 e. The molecule has 1 rings (SSSR count). The molecule has 1 aromatic carbocycles. The summed E-state index contributed by atoms with van der Waals surface area (Å²) in [4.78, 5) is 2.12. The Labute approximate surface area is 117 Å². The lowest BCUT2D eigenvalue weighted by atomic mass is 10.2. The zero-order valence-corrected chi connectivity index (χ0v) is 11.4. The van der Waals surface area contributed by atoms with Gasteiger partial charge in [0.05, 0.1) is 0 Å². The Morgan fingerprint density at radius 2 is 1.80 bits per heavy atom. The maximum absolute atomic E-state index is 11.9. The van der Waals surface area contributed by atoms with Crippen molar-refractivity contribution in [2.24, 2.45) is 5.73 Å². The third-order valence-electron chi connectivity index (χ3n) is 2.72. The van der Waals surface area contributed by atoms with Crippen molar-refractivity contribution in [1.82, 2.24) is 4.90 Å². The molecule has 20 heavy (non-hydrogen) atoms. The van der Waals surface area contributed by atoms with E-state index in [1.807, 2.05) is 30.3 Å². The molecule has 0 heterocycles. The molecule has 0 aliphatic carbocycles. The fourth-order valence-electron chi connectivity index (χ4n) is 1.87. The summed E-state index contributed by atoms with van der Waals surface area (Å²) < 4.78 is 40.3. The minimum absolute atomic E-state index is 0.107. The summed E-state index contributed by atoms with van der Waals surface area (Å²) in [6.45, 7) is 1.59. The first kappa shape index (κ1) is 16.9. The van der Waals surface area contributed by atoms with Crippen molar-refractivity contribution in [3.8, 4) is 0 Å². The molecule has 3 nitrogen and oxygen atoms in total. The fourth-order valence-corrected chi connectivity index (χ4v) is 1.87. The van der Waals surface area contributed by atoms with Crippen molar-refractivity contribution in [3.05, 3.63) is 35.9 Å². The highest BCUT2D eigenvalue weighted by Gasteiger charge is 2.27. The first-order valence-electron chi connectivity index (χ1n) is 6.62. The topological polar surface area (TPSA) is 38.5 Å². The zero-order chi connectivity index (χ0) is 14.8. The minimum atomic E-state index is -4.25. The minimum Gasteiger partial charge on any atom is -0.372 e. The molecule has 0 fully saturated rings.